The van der Waals surface area contributed by atoms with Gasteiger partial charge in [0.25, 0.3) is 0 Å². The second kappa shape index (κ2) is 11.5. The van der Waals surface area contributed by atoms with E-state index in [0.717, 1.165) is 11.1 Å². The molecule has 0 saturated heterocycles. The van der Waals surface area contributed by atoms with Crippen molar-refractivity contribution < 1.29 is 29.3 Å². The molecule has 0 aromatic heterocycles. The smallest absolute Gasteiger partial charge is 0.407 e. The van der Waals surface area contributed by atoms with Crippen LogP contribution in [0.5, 0.6) is 0 Å². The number of carboxylic acid groups (broad SMARTS) is 1. The number of nitrogens with one attached hydrogen (secondary N) is 2. The van der Waals surface area contributed by atoms with E-state index in [-0.39, 0.29) is 24.9 Å². The maximum atomic E-state index is 12.2. The molecule has 33 heavy (non-hydrogen) atoms. The number of aliphatic carboxylic acids is 1. The number of alkyl carbamates (subject to hydrolysis) is 1. The van der Waals surface area contributed by atoms with Crippen molar-refractivity contribution in [3.8, 4) is 11.1 Å². The second-order valence-corrected chi connectivity index (χ2v) is 8.33. The first kappa shape index (κ1) is 24.3. The van der Waals surface area contributed by atoms with Crippen LogP contribution >= 0.6 is 0 Å². The summed E-state index contributed by atoms with van der Waals surface area (Å²) in [4.78, 5) is 34.9. The molecule has 0 aliphatic heterocycles. The van der Waals surface area contributed by atoms with E-state index in [0.29, 0.717) is 19.4 Å². The summed E-state index contributed by atoms with van der Waals surface area (Å²) in [6, 6.07) is 15.0. The van der Waals surface area contributed by atoms with E-state index in [1.807, 2.05) is 31.2 Å². The third-order valence-corrected chi connectivity index (χ3v) is 5.93. The van der Waals surface area contributed by atoms with Gasteiger partial charge < -0.3 is 25.6 Å². The van der Waals surface area contributed by atoms with E-state index in [9.17, 15) is 14.4 Å². The molecular formula is C25H30N2O6. The number of hydrogen-bond acceptors (Lipinski definition) is 5. The maximum Gasteiger partial charge on any atom is 0.407 e. The molecule has 2 aromatic rings. The SMILES string of the molecule is CC(CCNC(=O)OCC1c2ccccc2-c2ccccc21)CCC(=O)N[C@@H](CO)C(=O)O. The highest BCUT2D eigenvalue weighted by molar-refractivity contribution is 5.83. The Morgan fingerprint density at radius 1 is 1.00 bits per heavy atom. The van der Waals surface area contributed by atoms with Crippen LogP contribution in [0.4, 0.5) is 4.79 Å². The van der Waals surface area contributed by atoms with E-state index >= 15 is 0 Å². The Hall–Kier alpha value is -3.39. The number of benzene rings is 2. The van der Waals surface area contributed by atoms with Crippen LogP contribution < -0.4 is 10.6 Å². The molecule has 0 bridgehead atoms. The van der Waals surface area contributed by atoms with Crippen LogP contribution in [0.2, 0.25) is 0 Å². The van der Waals surface area contributed by atoms with E-state index in [1.165, 1.54) is 11.1 Å². The molecule has 0 heterocycles. The van der Waals surface area contributed by atoms with Gasteiger partial charge in [-0.05, 0) is 41.0 Å². The third kappa shape index (κ3) is 6.32. The van der Waals surface area contributed by atoms with Crippen LogP contribution in [0, 0.1) is 5.92 Å². The van der Waals surface area contributed by atoms with Crippen molar-refractivity contribution in [2.45, 2.75) is 38.1 Å². The standard InChI is InChI=1S/C25H30N2O6/c1-16(10-11-23(29)27-22(14-28)24(30)31)12-13-26-25(32)33-15-21-19-8-4-2-6-17(19)18-7-3-5-9-20(18)21/h2-9,16,21-22,28H,10-15H2,1H3,(H,26,32)(H,27,29)(H,30,31)/t16?,22-/m0/s1. The van der Waals surface area contributed by atoms with Gasteiger partial charge in [0.05, 0.1) is 6.61 Å². The molecule has 0 saturated carbocycles. The lowest BCUT2D eigenvalue weighted by molar-refractivity contribution is -0.143. The molecule has 8 nitrogen and oxygen atoms in total. The largest absolute Gasteiger partial charge is 0.480 e. The summed E-state index contributed by atoms with van der Waals surface area (Å²) >= 11 is 0. The topological polar surface area (TPSA) is 125 Å². The number of ether oxygens (including phenoxy) is 1. The lowest BCUT2D eigenvalue weighted by Gasteiger charge is -2.16. The Morgan fingerprint density at radius 3 is 2.18 bits per heavy atom. The van der Waals surface area contributed by atoms with Crippen molar-refractivity contribution in [2.24, 2.45) is 5.92 Å². The molecule has 1 unspecified atom stereocenters. The molecule has 0 radical (unpaired) electrons. The molecule has 2 amide bonds. The molecule has 2 aromatic carbocycles. The summed E-state index contributed by atoms with van der Waals surface area (Å²) in [7, 11) is 0. The first-order valence-corrected chi connectivity index (χ1v) is 11.1. The summed E-state index contributed by atoms with van der Waals surface area (Å²) in [6.07, 6.45) is 0.861. The summed E-state index contributed by atoms with van der Waals surface area (Å²) in [5, 5.41) is 22.8. The molecule has 4 N–H and O–H groups in total. The van der Waals surface area contributed by atoms with Gasteiger partial charge in [0.15, 0.2) is 0 Å². The Kier molecular flexibility index (Phi) is 8.43. The molecule has 0 spiro atoms. The highest BCUT2D eigenvalue weighted by Gasteiger charge is 2.29. The Labute approximate surface area is 193 Å². The van der Waals surface area contributed by atoms with Crippen LogP contribution in [0.3, 0.4) is 0 Å². The fraction of sp³-hybridized carbons (Fsp3) is 0.400. The number of rotatable bonds is 11. The van der Waals surface area contributed by atoms with E-state index in [2.05, 4.69) is 34.9 Å². The van der Waals surface area contributed by atoms with Crippen LogP contribution in [-0.4, -0.2) is 54.0 Å². The van der Waals surface area contributed by atoms with Crippen molar-refractivity contribution >= 4 is 18.0 Å². The predicted molar refractivity (Wildman–Crippen MR) is 123 cm³/mol. The predicted octanol–water partition coefficient (Wildman–Crippen LogP) is 2.89. The molecular weight excluding hydrogens is 424 g/mol. The quantitative estimate of drug-likeness (QED) is 0.414. The molecule has 0 fully saturated rings. The van der Waals surface area contributed by atoms with Gasteiger partial charge in [0.2, 0.25) is 5.91 Å². The Morgan fingerprint density at radius 2 is 1.61 bits per heavy atom. The van der Waals surface area contributed by atoms with Gasteiger partial charge in [0.1, 0.15) is 12.6 Å². The van der Waals surface area contributed by atoms with Gasteiger partial charge in [-0.25, -0.2) is 9.59 Å². The average molecular weight is 455 g/mol. The number of carbonyl (C=O) groups is 3. The van der Waals surface area contributed by atoms with Crippen molar-refractivity contribution in [1.29, 1.82) is 0 Å². The summed E-state index contributed by atoms with van der Waals surface area (Å²) in [5.74, 6) is -1.55. The van der Waals surface area contributed by atoms with Crippen molar-refractivity contribution in [2.75, 3.05) is 19.8 Å². The fourth-order valence-electron chi connectivity index (χ4n) is 4.04. The fourth-order valence-corrected chi connectivity index (χ4v) is 4.04. The van der Waals surface area contributed by atoms with Gasteiger partial charge in [0, 0.05) is 18.9 Å². The average Bonchev–Trinajstić information content (AvgIpc) is 3.13. The van der Waals surface area contributed by atoms with E-state index < -0.39 is 30.6 Å². The monoisotopic (exact) mass is 454 g/mol. The van der Waals surface area contributed by atoms with Gasteiger partial charge in [-0.2, -0.15) is 0 Å². The van der Waals surface area contributed by atoms with E-state index in [1.54, 1.807) is 0 Å². The molecule has 176 valence electrons. The minimum absolute atomic E-state index is 0.00846. The highest BCUT2D eigenvalue weighted by atomic mass is 16.5. The Bertz CT molecular complexity index is 947. The molecule has 1 aliphatic rings. The van der Waals surface area contributed by atoms with Crippen LogP contribution in [0.25, 0.3) is 11.1 Å². The van der Waals surface area contributed by atoms with Crippen molar-refractivity contribution in [1.82, 2.24) is 10.6 Å². The number of carboxylic acids is 1. The minimum atomic E-state index is -1.29. The number of aliphatic hydroxyl groups excluding tert-OH is 1. The summed E-state index contributed by atoms with van der Waals surface area (Å²) in [5.41, 5.74) is 4.66. The number of carbonyl (C=O) groups excluding carboxylic acids is 2. The minimum Gasteiger partial charge on any atom is -0.480 e. The normalized spacial score (nSPS) is 14.0. The number of aliphatic hydroxyl groups is 1. The lowest BCUT2D eigenvalue weighted by Crippen LogP contribution is -2.43. The van der Waals surface area contributed by atoms with Gasteiger partial charge in [-0.3, -0.25) is 4.79 Å². The Balaban J connectivity index is 1.38. The highest BCUT2D eigenvalue weighted by Crippen LogP contribution is 2.44. The lowest BCUT2D eigenvalue weighted by atomic mass is 9.98. The molecule has 2 atom stereocenters. The summed E-state index contributed by atoms with van der Waals surface area (Å²) < 4.78 is 5.50. The van der Waals surface area contributed by atoms with Crippen LogP contribution in [0.15, 0.2) is 48.5 Å². The zero-order valence-electron chi connectivity index (χ0n) is 18.6. The zero-order valence-corrected chi connectivity index (χ0v) is 18.6. The summed E-state index contributed by atoms with van der Waals surface area (Å²) in [6.45, 7) is 1.97. The van der Waals surface area contributed by atoms with Crippen molar-refractivity contribution in [3.05, 3.63) is 59.7 Å². The van der Waals surface area contributed by atoms with Gasteiger partial charge in [-0.1, -0.05) is 55.5 Å². The second-order valence-electron chi connectivity index (χ2n) is 8.33. The van der Waals surface area contributed by atoms with E-state index in [4.69, 9.17) is 14.9 Å². The third-order valence-electron chi connectivity index (χ3n) is 5.93. The zero-order chi connectivity index (χ0) is 23.8. The maximum absolute atomic E-state index is 12.2. The number of hydrogen-bond donors (Lipinski definition) is 4. The van der Waals surface area contributed by atoms with Crippen LogP contribution in [-0.2, 0) is 14.3 Å². The van der Waals surface area contributed by atoms with Gasteiger partial charge >= 0.3 is 12.1 Å². The first-order chi connectivity index (χ1) is 15.9. The van der Waals surface area contributed by atoms with Crippen LogP contribution in [0.1, 0.15) is 43.2 Å². The first-order valence-electron chi connectivity index (χ1n) is 11.1. The molecule has 8 heteroatoms. The van der Waals surface area contributed by atoms with Crippen molar-refractivity contribution in [3.63, 3.8) is 0 Å². The molecule has 1 aliphatic carbocycles. The number of fused-ring (bicyclic) bond motifs is 3. The van der Waals surface area contributed by atoms with Gasteiger partial charge in [-0.15, -0.1) is 0 Å². The number of amides is 2. The molecule has 3 rings (SSSR count).